The van der Waals surface area contributed by atoms with Crippen LogP contribution in [0.4, 0.5) is 0 Å². The maximum absolute atomic E-state index is 13.2. The Hall–Kier alpha value is -2.21. The second-order valence-electron chi connectivity index (χ2n) is 8.50. The Kier molecular flexibility index (Phi) is 6.60. The van der Waals surface area contributed by atoms with E-state index >= 15 is 0 Å². The average molecular weight is 397 g/mol. The summed E-state index contributed by atoms with van der Waals surface area (Å²) in [4.78, 5) is 19.8. The molecule has 1 amide bonds. The van der Waals surface area contributed by atoms with Gasteiger partial charge < -0.3 is 9.64 Å². The van der Waals surface area contributed by atoms with Crippen molar-refractivity contribution in [1.29, 1.82) is 0 Å². The number of methoxy groups -OCH3 is 1. The van der Waals surface area contributed by atoms with Gasteiger partial charge in [-0.1, -0.05) is 30.3 Å². The Labute approximate surface area is 173 Å². The molecule has 0 spiro atoms. The summed E-state index contributed by atoms with van der Waals surface area (Å²) in [7, 11) is 1.64. The van der Waals surface area contributed by atoms with Crippen molar-refractivity contribution in [1.82, 2.24) is 20.1 Å². The molecule has 1 aliphatic carbocycles. The lowest BCUT2D eigenvalue weighted by atomic mass is 9.77. The van der Waals surface area contributed by atoms with Gasteiger partial charge in [0.15, 0.2) is 11.6 Å². The quantitative estimate of drug-likeness (QED) is 0.787. The van der Waals surface area contributed by atoms with E-state index in [0.717, 1.165) is 50.3 Å². The van der Waals surface area contributed by atoms with Crippen LogP contribution in [0.15, 0.2) is 30.3 Å². The molecule has 1 aliphatic heterocycles. The van der Waals surface area contributed by atoms with Crippen molar-refractivity contribution in [2.24, 2.45) is 5.92 Å². The van der Waals surface area contributed by atoms with Gasteiger partial charge in [0.05, 0.1) is 6.04 Å². The molecule has 2 aliphatic rings. The van der Waals surface area contributed by atoms with Crippen molar-refractivity contribution < 1.29 is 9.53 Å². The van der Waals surface area contributed by atoms with Gasteiger partial charge in [-0.25, -0.2) is 4.98 Å². The maximum Gasteiger partial charge on any atom is 0.223 e. The first-order valence-corrected chi connectivity index (χ1v) is 11.0. The van der Waals surface area contributed by atoms with Crippen LogP contribution < -0.4 is 0 Å². The molecule has 2 aromatic rings. The number of benzene rings is 1. The highest BCUT2D eigenvalue weighted by atomic mass is 16.5. The van der Waals surface area contributed by atoms with Crippen molar-refractivity contribution in [2.45, 2.75) is 69.9 Å². The minimum absolute atomic E-state index is 0.00114. The van der Waals surface area contributed by atoms with Crippen LogP contribution in [0.2, 0.25) is 0 Å². The van der Waals surface area contributed by atoms with E-state index in [4.69, 9.17) is 4.74 Å². The molecule has 2 fully saturated rings. The maximum atomic E-state index is 13.2. The summed E-state index contributed by atoms with van der Waals surface area (Å²) in [5, 5.41) is 7.31. The Balaban J connectivity index is 1.34. The Bertz CT molecular complexity index is 783. The van der Waals surface area contributed by atoms with E-state index in [9.17, 15) is 4.79 Å². The topological polar surface area (TPSA) is 71.1 Å². The fourth-order valence-corrected chi connectivity index (χ4v) is 4.95. The van der Waals surface area contributed by atoms with E-state index in [-0.39, 0.29) is 11.9 Å². The number of ether oxygens (including phenoxy) is 1. The third-order valence-electron chi connectivity index (χ3n) is 6.53. The van der Waals surface area contributed by atoms with Gasteiger partial charge in [0.2, 0.25) is 5.91 Å². The molecular weight excluding hydrogens is 364 g/mol. The number of H-pyrrole nitrogens is 1. The molecule has 1 unspecified atom stereocenters. The highest BCUT2D eigenvalue weighted by Crippen LogP contribution is 2.38. The Morgan fingerprint density at radius 1 is 1.14 bits per heavy atom. The fourth-order valence-electron chi connectivity index (χ4n) is 4.95. The van der Waals surface area contributed by atoms with E-state index < -0.39 is 0 Å². The summed E-state index contributed by atoms with van der Waals surface area (Å²) < 4.78 is 5.13. The van der Waals surface area contributed by atoms with Crippen LogP contribution >= 0.6 is 0 Å². The number of amides is 1. The van der Waals surface area contributed by atoms with Gasteiger partial charge in [0.1, 0.15) is 6.61 Å². The first-order chi connectivity index (χ1) is 14.2. The lowest BCUT2D eigenvalue weighted by Gasteiger charge is -2.36. The molecular formula is C23H32N4O2. The second kappa shape index (κ2) is 9.53. The van der Waals surface area contributed by atoms with Gasteiger partial charge >= 0.3 is 0 Å². The summed E-state index contributed by atoms with van der Waals surface area (Å²) >= 11 is 0. The SMILES string of the molecule is COCc1nc(C2CCCCN2C(=O)CC2CCC(c3ccccc3)CC2)n[nH]1. The van der Waals surface area contributed by atoms with Crippen molar-refractivity contribution in [3.63, 3.8) is 0 Å². The van der Waals surface area contributed by atoms with Gasteiger partial charge in [0, 0.05) is 20.1 Å². The zero-order chi connectivity index (χ0) is 20.1. The van der Waals surface area contributed by atoms with Crippen LogP contribution in [0.3, 0.4) is 0 Å². The minimum atomic E-state index is -0.00114. The normalized spacial score (nSPS) is 25.1. The van der Waals surface area contributed by atoms with Crippen LogP contribution in [0.25, 0.3) is 0 Å². The van der Waals surface area contributed by atoms with Crippen molar-refractivity contribution in [3.05, 3.63) is 47.5 Å². The molecule has 1 aromatic carbocycles. The number of nitrogens with one attached hydrogen (secondary N) is 1. The molecule has 4 rings (SSSR count). The molecule has 0 bridgehead atoms. The number of hydrogen-bond donors (Lipinski definition) is 1. The molecule has 1 N–H and O–H groups in total. The first-order valence-electron chi connectivity index (χ1n) is 11.0. The number of aromatic amines is 1. The highest BCUT2D eigenvalue weighted by molar-refractivity contribution is 5.77. The number of likely N-dealkylation sites (tertiary alicyclic amines) is 1. The zero-order valence-electron chi connectivity index (χ0n) is 17.3. The fraction of sp³-hybridized carbons (Fsp3) is 0.609. The van der Waals surface area contributed by atoms with Gasteiger partial charge in [-0.15, -0.1) is 0 Å². The van der Waals surface area contributed by atoms with Crippen LogP contribution in [-0.2, 0) is 16.1 Å². The summed E-state index contributed by atoms with van der Waals surface area (Å²) in [5.74, 6) is 2.88. The number of nitrogens with zero attached hydrogens (tertiary/aromatic N) is 3. The van der Waals surface area contributed by atoms with Gasteiger partial charge in [-0.05, 0) is 62.3 Å². The van der Waals surface area contributed by atoms with Crippen LogP contribution in [-0.4, -0.2) is 39.6 Å². The lowest BCUT2D eigenvalue weighted by Crippen LogP contribution is -2.40. The first kappa shape index (κ1) is 20.1. The van der Waals surface area contributed by atoms with E-state index in [1.165, 1.54) is 18.4 Å². The van der Waals surface area contributed by atoms with Crippen LogP contribution in [0, 0.1) is 5.92 Å². The van der Waals surface area contributed by atoms with Crippen LogP contribution in [0.5, 0.6) is 0 Å². The van der Waals surface area contributed by atoms with Crippen molar-refractivity contribution in [2.75, 3.05) is 13.7 Å². The predicted octanol–water partition coefficient (Wildman–Crippen LogP) is 4.37. The molecule has 6 nitrogen and oxygen atoms in total. The average Bonchev–Trinajstić information content (AvgIpc) is 3.24. The standard InChI is InChI=1S/C23H32N4O2/c1-29-16-21-24-23(26-25-21)20-9-5-6-14-27(20)22(28)15-17-10-12-19(13-11-17)18-7-3-2-4-8-18/h2-4,7-8,17,19-20H,5-6,9-16H2,1H3,(H,24,25,26). The predicted molar refractivity (Wildman–Crippen MR) is 111 cm³/mol. The second-order valence-corrected chi connectivity index (χ2v) is 8.50. The number of aromatic nitrogens is 3. The van der Waals surface area contributed by atoms with Gasteiger partial charge in [-0.2, -0.15) is 5.10 Å². The third kappa shape index (κ3) is 4.86. The summed E-state index contributed by atoms with van der Waals surface area (Å²) in [5.41, 5.74) is 1.45. The molecule has 1 saturated heterocycles. The summed E-state index contributed by atoms with van der Waals surface area (Å²) in [6.45, 7) is 1.23. The van der Waals surface area contributed by atoms with E-state index in [0.29, 0.717) is 24.9 Å². The zero-order valence-corrected chi connectivity index (χ0v) is 17.3. The minimum Gasteiger partial charge on any atom is -0.377 e. The summed E-state index contributed by atoms with van der Waals surface area (Å²) in [6.07, 6.45) is 8.44. The molecule has 156 valence electrons. The number of rotatable bonds is 6. The Morgan fingerprint density at radius 3 is 2.69 bits per heavy atom. The molecule has 1 atom stereocenters. The monoisotopic (exact) mass is 396 g/mol. The smallest absolute Gasteiger partial charge is 0.223 e. The van der Waals surface area contributed by atoms with E-state index in [1.54, 1.807) is 7.11 Å². The molecule has 1 saturated carbocycles. The number of hydrogen-bond acceptors (Lipinski definition) is 4. The number of carbonyl (C=O) groups is 1. The van der Waals surface area contributed by atoms with Gasteiger partial charge in [0.25, 0.3) is 0 Å². The Morgan fingerprint density at radius 2 is 1.93 bits per heavy atom. The molecule has 2 heterocycles. The summed E-state index contributed by atoms with van der Waals surface area (Å²) in [6, 6.07) is 10.8. The largest absolute Gasteiger partial charge is 0.377 e. The molecule has 6 heteroatoms. The van der Waals surface area contributed by atoms with Gasteiger partial charge in [-0.3, -0.25) is 9.89 Å². The molecule has 0 radical (unpaired) electrons. The highest BCUT2D eigenvalue weighted by Gasteiger charge is 2.33. The van der Waals surface area contributed by atoms with Crippen molar-refractivity contribution >= 4 is 5.91 Å². The molecule has 1 aromatic heterocycles. The number of piperidine rings is 1. The van der Waals surface area contributed by atoms with E-state index in [2.05, 4.69) is 45.5 Å². The van der Waals surface area contributed by atoms with Crippen LogP contribution in [0.1, 0.15) is 80.5 Å². The number of carbonyl (C=O) groups excluding carboxylic acids is 1. The third-order valence-corrected chi connectivity index (χ3v) is 6.53. The lowest BCUT2D eigenvalue weighted by molar-refractivity contribution is -0.136. The van der Waals surface area contributed by atoms with E-state index in [1.807, 2.05) is 4.90 Å². The molecule has 29 heavy (non-hydrogen) atoms. The van der Waals surface area contributed by atoms with Crippen molar-refractivity contribution in [3.8, 4) is 0 Å².